The van der Waals surface area contributed by atoms with Gasteiger partial charge in [-0.05, 0) is 31.5 Å². The fraction of sp³-hybridized carbons (Fsp3) is 0.286. The van der Waals surface area contributed by atoms with Crippen LogP contribution in [-0.4, -0.2) is 44.7 Å². The van der Waals surface area contributed by atoms with Gasteiger partial charge in [0.2, 0.25) is 5.91 Å². The predicted molar refractivity (Wildman–Crippen MR) is 114 cm³/mol. The van der Waals surface area contributed by atoms with Gasteiger partial charge in [0.25, 0.3) is 0 Å². The lowest BCUT2D eigenvalue weighted by Crippen LogP contribution is -2.34. The molecule has 0 aliphatic carbocycles. The van der Waals surface area contributed by atoms with E-state index in [4.69, 9.17) is 4.74 Å². The topological polar surface area (TPSA) is 120 Å². The van der Waals surface area contributed by atoms with Crippen molar-refractivity contribution in [3.8, 4) is 22.8 Å². The molecule has 0 unspecified atom stereocenters. The van der Waals surface area contributed by atoms with Crippen LogP contribution in [0.3, 0.4) is 0 Å². The van der Waals surface area contributed by atoms with Crippen molar-refractivity contribution >= 4 is 17.8 Å². The Morgan fingerprint density at radius 1 is 1.21 bits per heavy atom. The molecule has 13 heteroatoms. The maximum atomic E-state index is 11.9. The van der Waals surface area contributed by atoms with Gasteiger partial charge in [-0.1, -0.05) is 0 Å². The van der Waals surface area contributed by atoms with Gasteiger partial charge in [-0.3, -0.25) is 29.8 Å². The summed E-state index contributed by atoms with van der Waals surface area (Å²) in [5.74, 6) is 0.371. The predicted octanol–water partition coefficient (Wildman–Crippen LogP) is 3.94. The summed E-state index contributed by atoms with van der Waals surface area (Å²) >= 11 is 0. The normalized spacial score (nSPS) is 11.2. The molecule has 0 aliphatic rings. The Hall–Kier alpha value is -4.00. The number of hydrogen-bond acceptors (Lipinski definition) is 7. The molecule has 3 aromatic rings. The monoisotopic (exact) mass is 478 g/mol. The Kier molecular flexibility index (Phi) is 7.79. The van der Waals surface area contributed by atoms with E-state index in [9.17, 15) is 22.8 Å². The third-order valence-electron chi connectivity index (χ3n) is 4.31. The molecule has 3 amide bonds. The van der Waals surface area contributed by atoms with Gasteiger partial charge in [0, 0.05) is 37.5 Å². The van der Waals surface area contributed by atoms with Crippen molar-refractivity contribution < 1.29 is 32.2 Å². The third kappa shape index (κ3) is 7.55. The van der Waals surface area contributed by atoms with Gasteiger partial charge >= 0.3 is 12.4 Å². The van der Waals surface area contributed by atoms with Crippen molar-refractivity contribution in [1.29, 1.82) is 0 Å². The van der Waals surface area contributed by atoms with Crippen LogP contribution >= 0.6 is 0 Å². The number of urea groups is 1. The van der Waals surface area contributed by atoms with Gasteiger partial charge in [-0.2, -0.15) is 5.10 Å². The molecule has 0 bridgehead atoms. The summed E-state index contributed by atoms with van der Waals surface area (Å²) in [6.45, 7) is 0.995. The van der Waals surface area contributed by atoms with E-state index in [0.29, 0.717) is 22.9 Å². The average molecular weight is 478 g/mol. The number of aromatic nitrogens is 4. The zero-order valence-electron chi connectivity index (χ0n) is 18.2. The number of carbonyl (C=O) groups excluding carboxylic acids is 2. The second-order valence-corrected chi connectivity index (χ2v) is 7.06. The largest absolute Gasteiger partial charge is 0.522 e. The Morgan fingerprint density at radius 3 is 2.68 bits per heavy atom. The SMILES string of the molecule is Cc1nc(NC(=O)NC(=O)CCCOC(F)(F)F)ccc1Oc1ccnc(-c2cnn(C)c2)c1. The van der Waals surface area contributed by atoms with Crippen molar-refractivity contribution in [3.05, 3.63) is 48.5 Å². The van der Waals surface area contributed by atoms with Crippen LogP contribution in [0.25, 0.3) is 11.3 Å². The molecule has 10 nitrogen and oxygen atoms in total. The highest BCUT2D eigenvalue weighted by molar-refractivity contribution is 6.00. The van der Waals surface area contributed by atoms with Crippen molar-refractivity contribution in [2.45, 2.75) is 26.1 Å². The Morgan fingerprint density at radius 2 is 2.00 bits per heavy atom. The van der Waals surface area contributed by atoms with Crippen molar-refractivity contribution in [3.63, 3.8) is 0 Å². The van der Waals surface area contributed by atoms with Gasteiger partial charge in [-0.15, -0.1) is 13.2 Å². The summed E-state index contributed by atoms with van der Waals surface area (Å²) in [6, 6.07) is 5.65. The number of ether oxygens (including phenoxy) is 2. The molecule has 2 N–H and O–H groups in total. The summed E-state index contributed by atoms with van der Waals surface area (Å²) in [5, 5.41) is 8.51. The van der Waals surface area contributed by atoms with Crippen molar-refractivity contribution in [2.75, 3.05) is 11.9 Å². The molecular weight excluding hydrogens is 457 g/mol. The van der Waals surface area contributed by atoms with Crippen LogP contribution in [0.4, 0.5) is 23.8 Å². The van der Waals surface area contributed by atoms with Crippen LogP contribution in [-0.2, 0) is 16.6 Å². The molecule has 0 aliphatic heterocycles. The highest BCUT2D eigenvalue weighted by atomic mass is 19.4. The molecule has 0 saturated carbocycles. The summed E-state index contributed by atoms with van der Waals surface area (Å²) < 4.78 is 46.8. The van der Waals surface area contributed by atoms with E-state index < -0.39 is 24.9 Å². The molecule has 3 heterocycles. The average Bonchev–Trinajstić information content (AvgIpc) is 3.19. The fourth-order valence-corrected chi connectivity index (χ4v) is 2.80. The van der Waals surface area contributed by atoms with Crippen molar-refractivity contribution in [1.82, 2.24) is 25.1 Å². The number of hydrogen-bond donors (Lipinski definition) is 2. The van der Waals surface area contributed by atoms with Gasteiger partial charge in [0.1, 0.15) is 17.3 Å². The highest BCUT2D eigenvalue weighted by Gasteiger charge is 2.28. The molecule has 0 atom stereocenters. The van der Waals surface area contributed by atoms with Gasteiger partial charge in [0.05, 0.1) is 24.2 Å². The van der Waals surface area contributed by atoms with E-state index >= 15 is 0 Å². The number of alkyl halides is 3. The second kappa shape index (κ2) is 10.7. The first-order valence-corrected chi connectivity index (χ1v) is 10.0. The molecule has 34 heavy (non-hydrogen) atoms. The fourth-order valence-electron chi connectivity index (χ4n) is 2.80. The second-order valence-electron chi connectivity index (χ2n) is 7.06. The number of anilines is 1. The van der Waals surface area contributed by atoms with Gasteiger partial charge in [0.15, 0.2) is 0 Å². The number of pyridine rings is 2. The third-order valence-corrected chi connectivity index (χ3v) is 4.31. The van der Waals surface area contributed by atoms with Crippen LogP contribution in [0.15, 0.2) is 42.9 Å². The first kappa shape index (κ1) is 24.6. The van der Waals surface area contributed by atoms with E-state index in [0.717, 1.165) is 5.56 Å². The van der Waals surface area contributed by atoms with Gasteiger partial charge < -0.3 is 4.74 Å². The van der Waals surface area contributed by atoms with E-state index in [2.05, 4.69) is 25.1 Å². The number of nitrogens with zero attached hydrogens (tertiary/aromatic N) is 4. The van der Waals surface area contributed by atoms with Crippen LogP contribution in [0, 0.1) is 6.92 Å². The maximum absolute atomic E-state index is 11.9. The molecule has 0 spiro atoms. The maximum Gasteiger partial charge on any atom is 0.522 e. The first-order valence-electron chi connectivity index (χ1n) is 10.0. The first-order chi connectivity index (χ1) is 16.1. The lowest BCUT2D eigenvalue weighted by Gasteiger charge is -2.11. The lowest BCUT2D eigenvalue weighted by atomic mass is 10.2. The molecule has 0 aromatic carbocycles. The number of amides is 3. The number of carbonyl (C=O) groups is 2. The minimum atomic E-state index is -4.76. The quantitative estimate of drug-likeness (QED) is 0.471. The zero-order valence-corrected chi connectivity index (χ0v) is 18.2. The van der Waals surface area contributed by atoms with E-state index in [-0.39, 0.29) is 18.7 Å². The van der Waals surface area contributed by atoms with Crippen LogP contribution in [0.1, 0.15) is 18.5 Å². The van der Waals surface area contributed by atoms with Crippen LogP contribution in [0.5, 0.6) is 11.5 Å². The molecule has 0 radical (unpaired) electrons. The summed E-state index contributed by atoms with van der Waals surface area (Å²) in [5.41, 5.74) is 1.98. The number of aryl methyl sites for hydroxylation is 2. The number of halogens is 3. The molecule has 180 valence electrons. The smallest absolute Gasteiger partial charge is 0.455 e. The summed E-state index contributed by atoms with van der Waals surface area (Å²) in [6.07, 6.45) is -0.147. The van der Waals surface area contributed by atoms with Crippen LogP contribution in [0.2, 0.25) is 0 Å². The van der Waals surface area contributed by atoms with E-state index in [1.807, 2.05) is 11.5 Å². The molecule has 3 aromatic heterocycles. The molecule has 3 rings (SSSR count). The van der Waals surface area contributed by atoms with E-state index in [1.54, 1.807) is 49.2 Å². The summed E-state index contributed by atoms with van der Waals surface area (Å²) in [7, 11) is 1.80. The van der Waals surface area contributed by atoms with Gasteiger partial charge in [-0.25, -0.2) is 9.78 Å². The summed E-state index contributed by atoms with van der Waals surface area (Å²) in [4.78, 5) is 32.1. The minimum absolute atomic E-state index is 0.154. The Balaban J connectivity index is 1.53. The molecule has 0 saturated heterocycles. The zero-order chi connectivity index (χ0) is 24.7. The molecule has 0 fully saturated rings. The van der Waals surface area contributed by atoms with E-state index in [1.165, 1.54) is 6.07 Å². The number of nitrogens with one attached hydrogen (secondary N) is 2. The number of imide groups is 1. The molecular formula is C21H21F3N6O4. The minimum Gasteiger partial charge on any atom is -0.455 e. The standard InChI is InChI=1S/C21H21F3N6O4/c1-13-17(34-15-7-8-25-16(10-15)14-11-26-30(2)12-14)5-6-18(27-13)28-20(32)29-19(31)4-3-9-33-21(22,23)24/h5-8,10-12H,3-4,9H2,1-2H3,(H2,27,28,29,31,32). The Labute approximate surface area is 192 Å². The number of rotatable bonds is 8. The van der Waals surface area contributed by atoms with Crippen molar-refractivity contribution in [2.24, 2.45) is 7.05 Å². The lowest BCUT2D eigenvalue weighted by molar-refractivity contribution is -0.324. The Bertz CT molecular complexity index is 1170. The highest BCUT2D eigenvalue weighted by Crippen LogP contribution is 2.27. The van der Waals surface area contributed by atoms with Crippen LogP contribution < -0.4 is 15.4 Å².